The Balaban J connectivity index is 2.45. The molecule has 0 unspecified atom stereocenters. The molecular formula is C5H7NO. The third kappa shape index (κ3) is 0.796. The van der Waals surface area contributed by atoms with Crippen molar-refractivity contribution in [3.05, 3.63) is 11.8 Å². The molecule has 0 bridgehead atoms. The average Bonchev–Trinajstić information content (AvgIpc) is 2.14. The molecule has 0 aromatic heterocycles. The van der Waals surface area contributed by atoms with Crippen molar-refractivity contribution in [2.45, 2.75) is 0 Å². The third-order valence-electron chi connectivity index (χ3n) is 0.875. The minimum atomic E-state index is 0.719. The zero-order valence-electron chi connectivity index (χ0n) is 4.22. The van der Waals surface area contributed by atoms with Gasteiger partial charge in [-0.1, -0.05) is 0 Å². The van der Waals surface area contributed by atoms with Gasteiger partial charge in [-0.3, -0.25) is 4.99 Å². The molecule has 0 aromatic rings. The monoisotopic (exact) mass is 97.1 g/mol. The number of aliphatic imine (C=N–C) groups is 1. The van der Waals surface area contributed by atoms with E-state index < -0.39 is 0 Å². The molecule has 0 spiro atoms. The van der Waals surface area contributed by atoms with Gasteiger partial charge in [-0.2, -0.15) is 0 Å². The Morgan fingerprint density at radius 2 is 2.71 bits per heavy atom. The minimum Gasteiger partial charge on any atom is -0.499 e. The van der Waals surface area contributed by atoms with Crippen LogP contribution in [-0.2, 0) is 4.74 Å². The predicted molar refractivity (Wildman–Crippen MR) is 28.5 cm³/mol. The van der Waals surface area contributed by atoms with Gasteiger partial charge in [0.05, 0.1) is 13.7 Å². The van der Waals surface area contributed by atoms with Crippen molar-refractivity contribution < 1.29 is 4.74 Å². The summed E-state index contributed by atoms with van der Waals surface area (Å²) in [6.45, 7) is 0.719. The molecule has 0 N–H and O–H groups in total. The van der Waals surface area contributed by atoms with Gasteiger partial charge < -0.3 is 4.74 Å². The number of allylic oxidation sites excluding steroid dienone is 1. The van der Waals surface area contributed by atoms with Crippen molar-refractivity contribution in [1.29, 1.82) is 0 Å². The van der Waals surface area contributed by atoms with E-state index >= 15 is 0 Å². The number of rotatable bonds is 1. The maximum Gasteiger partial charge on any atom is 0.118 e. The highest BCUT2D eigenvalue weighted by atomic mass is 16.5. The molecule has 0 saturated carbocycles. The zero-order valence-corrected chi connectivity index (χ0v) is 4.22. The molecule has 0 aromatic carbocycles. The quantitative estimate of drug-likeness (QED) is 0.469. The summed E-state index contributed by atoms with van der Waals surface area (Å²) in [5.41, 5.74) is 0. The summed E-state index contributed by atoms with van der Waals surface area (Å²) in [5.74, 6) is 0.944. The normalized spacial score (nSPS) is 17.0. The Morgan fingerprint density at radius 1 is 1.86 bits per heavy atom. The molecule has 1 aliphatic rings. The van der Waals surface area contributed by atoms with Crippen molar-refractivity contribution in [2.24, 2.45) is 4.99 Å². The van der Waals surface area contributed by atoms with Gasteiger partial charge in [0.2, 0.25) is 0 Å². The highest BCUT2D eigenvalue weighted by Crippen LogP contribution is 1.98. The number of ether oxygens (including phenoxy) is 1. The summed E-state index contributed by atoms with van der Waals surface area (Å²) in [4.78, 5) is 3.89. The fraction of sp³-hybridized carbons (Fsp3) is 0.400. The van der Waals surface area contributed by atoms with Crippen LogP contribution >= 0.6 is 0 Å². The van der Waals surface area contributed by atoms with E-state index in [-0.39, 0.29) is 0 Å². The highest BCUT2D eigenvalue weighted by Gasteiger charge is 1.94. The van der Waals surface area contributed by atoms with Gasteiger partial charge in [-0.05, 0) is 6.08 Å². The van der Waals surface area contributed by atoms with Crippen molar-refractivity contribution in [3.8, 4) is 0 Å². The molecule has 0 saturated heterocycles. The highest BCUT2D eigenvalue weighted by molar-refractivity contribution is 5.74. The Labute approximate surface area is 42.5 Å². The first-order valence-corrected chi connectivity index (χ1v) is 2.16. The summed E-state index contributed by atoms with van der Waals surface area (Å²) in [5, 5.41) is 0. The zero-order chi connectivity index (χ0) is 5.11. The van der Waals surface area contributed by atoms with E-state index in [1.165, 1.54) is 0 Å². The van der Waals surface area contributed by atoms with E-state index in [9.17, 15) is 0 Å². The van der Waals surface area contributed by atoms with Gasteiger partial charge >= 0.3 is 0 Å². The van der Waals surface area contributed by atoms with Gasteiger partial charge in [0, 0.05) is 6.21 Å². The van der Waals surface area contributed by atoms with Gasteiger partial charge in [0.1, 0.15) is 5.76 Å². The van der Waals surface area contributed by atoms with Crippen LogP contribution in [-0.4, -0.2) is 19.9 Å². The van der Waals surface area contributed by atoms with E-state index in [4.69, 9.17) is 4.74 Å². The maximum atomic E-state index is 4.85. The van der Waals surface area contributed by atoms with Crippen LogP contribution in [0.5, 0.6) is 0 Å². The lowest BCUT2D eigenvalue weighted by Gasteiger charge is -1.93. The van der Waals surface area contributed by atoms with Gasteiger partial charge in [-0.25, -0.2) is 0 Å². The first-order chi connectivity index (χ1) is 3.43. The molecule has 1 aliphatic heterocycles. The van der Waals surface area contributed by atoms with E-state index in [0.29, 0.717) is 0 Å². The van der Waals surface area contributed by atoms with E-state index in [1.807, 2.05) is 6.08 Å². The second kappa shape index (κ2) is 1.78. The lowest BCUT2D eigenvalue weighted by atomic mass is 10.5. The van der Waals surface area contributed by atoms with Gasteiger partial charge in [0.15, 0.2) is 0 Å². The smallest absolute Gasteiger partial charge is 0.118 e. The van der Waals surface area contributed by atoms with Crippen LogP contribution in [0, 0.1) is 0 Å². The maximum absolute atomic E-state index is 4.85. The Bertz CT molecular complexity index is 115. The van der Waals surface area contributed by atoms with E-state index in [1.54, 1.807) is 13.3 Å². The molecule has 0 fully saturated rings. The lowest BCUT2D eigenvalue weighted by molar-refractivity contribution is 0.290. The second-order valence-electron chi connectivity index (χ2n) is 1.33. The van der Waals surface area contributed by atoms with Crippen LogP contribution in [0.4, 0.5) is 0 Å². The molecule has 2 heteroatoms. The van der Waals surface area contributed by atoms with Gasteiger partial charge in [0.25, 0.3) is 0 Å². The topological polar surface area (TPSA) is 21.6 Å². The van der Waals surface area contributed by atoms with Crippen molar-refractivity contribution in [3.63, 3.8) is 0 Å². The third-order valence-corrected chi connectivity index (χ3v) is 0.875. The summed E-state index contributed by atoms with van der Waals surface area (Å²) in [7, 11) is 1.65. The van der Waals surface area contributed by atoms with Gasteiger partial charge in [-0.15, -0.1) is 0 Å². The summed E-state index contributed by atoms with van der Waals surface area (Å²) >= 11 is 0. The van der Waals surface area contributed by atoms with Crippen LogP contribution in [0.3, 0.4) is 0 Å². The first kappa shape index (κ1) is 4.37. The molecule has 0 amide bonds. The molecule has 7 heavy (non-hydrogen) atoms. The summed E-state index contributed by atoms with van der Waals surface area (Å²) < 4.78 is 4.85. The molecule has 0 aliphatic carbocycles. The van der Waals surface area contributed by atoms with Crippen molar-refractivity contribution in [2.75, 3.05) is 13.7 Å². The number of nitrogens with zero attached hydrogens (tertiary/aromatic N) is 1. The predicted octanol–water partition coefficient (Wildman–Crippen LogP) is 0.601. The molecule has 1 heterocycles. The number of methoxy groups -OCH3 is 1. The van der Waals surface area contributed by atoms with Crippen molar-refractivity contribution in [1.82, 2.24) is 0 Å². The van der Waals surface area contributed by atoms with Crippen LogP contribution in [0.1, 0.15) is 0 Å². The SMILES string of the molecule is COC1=CC=NC1. The molecule has 0 radical (unpaired) electrons. The molecule has 2 nitrogen and oxygen atoms in total. The second-order valence-corrected chi connectivity index (χ2v) is 1.33. The Hall–Kier alpha value is -0.790. The molecule has 1 rings (SSSR count). The fourth-order valence-corrected chi connectivity index (χ4v) is 0.464. The molecule has 0 atom stereocenters. The van der Waals surface area contributed by atoms with Crippen LogP contribution in [0.15, 0.2) is 16.8 Å². The standard InChI is InChI=1S/C5H7NO/c1-7-5-2-3-6-4-5/h2-3H,4H2,1H3. The lowest BCUT2D eigenvalue weighted by Crippen LogP contribution is -1.84. The van der Waals surface area contributed by atoms with Crippen LogP contribution in [0.2, 0.25) is 0 Å². The number of hydrogen-bond acceptors (Lipinski definition) is 2. The van der Waals surface area contributed by atoms with E-state index in [0.717, 1.165) is 12.3 Å². The fourth-order valence-electron chi connectivity index (χ4n) is 0.464. The van der Waals surface area contributed by atoms with Crippen LogP contribution in [0.25, 0.3) is 0 Å². The molecular weight excluding hydrogens is 90.1 g/mol. The Morgan fingerprint density at radius 3 is 3.00 bits per heavy atom. The van der Waals surface area contributed by atoms with Crippen molar-refractivity contribution >= 4 is 6.21 Å². The van der Waals surface area contributed by atoms with Crippen LogP contribution < -0.4 is 0 Å². The van der Waals surface area contributed by atoms with E-state index in [2.05, 4.69) is 4.99 Å². The summed E-state index contributed by atoms with van der Waals surface area (Å²) in [6, 6.07) is 0. The first-order valence-electron chi connectivity index (χ1n) is 2.16. The average molecular weight is 97.1 g/mol. The Kier molecular flexibility index (Phi) is 1.11. The number of hydrogen-bond donors (Lipinski definition) is 0. The summed E-state index contributed by atoms with van der Waals surface area (Å²) in [6.07, 6.45) is 3.61. The minimum absolute atomic E-state index is 0.719. The molecule has 38 valence electrons. The largest absolute Gasteiger partial charge is 0.499 e.